The van der Waals surface area contributed by atoms with E-state index >= 15 is 0 Å². The van der Waals surface area contributed by atoms with Crippen LogP contribution in [-0.2, 0) is 9.53 Å². The van der Waals surface area contributed by atoms with Crippen molar-refractivity contribution in [3.05, 3.63) is 0 Å². The van der Waals surface area contributed by atoms with E-state index in [4.69, 9.17) is 4.74 Å². The van der Waals surface area contributed by atoms with Crippen LogP contribution in [0.5, 0.6) is 0 Å². The van der Waals surface area contributed by atoms with Crippen LogP contribution in [0.25, 0.3) is 0 Å². The van der Waals surface area contributed by atoms with Gasteiger partial charge in [-0.1, -0.05) is 0 Å². The van der Waals surface area contributed by atoms with Crippen LogP contribution in [-0.4, -0.2) is 79.3 Å². The Morgan fingerprint density at radius 1 is 1.13 bits per heavy atom. The molecule has 0 bridgehead atoms. The first-order chi connectivity index (χ1) is 10.7. The molecule has 1 unspecified atom stereocenters. The van der Waals surface area contributed by atoms with E-state index < -0.39 is 0 Å². The first-order valence-electron chi connectivity index (χ1n) is 8.42. The summed E-state index contributed by atoms with van der Waals surface area (Å²) in [6.07, 6.45) is 1.19. The highest BCUT2D eigenvalue weighted by molar-refractivity contribution is 5.81. The van der Waals surface area contributed by atoms with E-state index in [9.17, 15) is 9.59 Å². The lowest BCUT2D eigenvalue weighted by Crippen LogP contribution is -2.55. The van der Waals surface area contributed by atoms with Crippen molar-refractivity contribution in [1.29, 1.82) is 0 Å². The number of nitrogens with zero attached hydrogens (tertiary/aromatic N) is 2. The molecule has 0 aromatic rings. The third kappa shape index (κ3) is 5.66. The molecule has 3 amide bonds. The Bertz CT molecular complexity index is 428. The summed E-state index contributed by atoms with van der Waals surface area (Å²) in [5.74, 6) is -0.0332. The lowest BCUT2D eigenvalue weighted by atomic mass is 10.0. The number of likely N-dealkylation sites (tertiary alicyclic amines) is 1. The highest BCUT2D eigenvalue weighted by Gasteiger charge is 2.29. The molecule has 2 rings (SSSR count). The smallest absolute Gasteiger partial charge is 0.317 e. The second kappa shape index (κ2) is 7.49. The van der Waals surface area contributed by atoms with Gasteiger partial charge in [-0.3, -0.25) is 4.79 Å². The minimum atomic E-state index is -0.379. The largest absolute Gasteiger partial charge is 0.366 e. The quantitative estimate of drug-likeness (QED) is 0.771. The van der Waals surface area contributed by atoms with Crippen molar-refractivity contribution in [2.75, 3.05) is 39.8 Å². The fourth-order valence-electron chi connectivity index (χ4n) is 2.86. The molecule has 2 fully saturated rings. The number of hydrogen-bond donors (Lipinski definition) is 2. The Morgan fingerprint density at radius 3 is 2.35 bits per heavy atom. The molecule has 0 aromatic heterocycles. The van der Waals surface area contributed by atoms with Gasteiger partial charge in [-0.2, -0.15) is 0 Å². The molecular weight excluding hydrogens is 296 g/mol. The van der Waals surface area contributed by atoms with E-state index in [-0.39, 0.29) is 29.6 Å². The first-order valence-corrected chi connectivity index (χ1v) is 8.42. The first kappa shape index (κ1) is 18.0. The van der Waals surface area contributed by atoms with Gasteiger partial charge in [-0.15, -0.1) is 0 Å². The van der Waals surface area contributed by atoms with E-state index in [1.807, 2.05) is 32.7 Å². The summed E-state index contributed by atoms with van der Waals surface area (Å²) in [4.78, 5) is 28.3. The Balaban J connectivity index is 1.74. The molecule has 7 heteroatoms. The van der Waals surface area contributed by atoms with Crippen molar-refractivity contribution in [2.45, 2.75) is 51.3 Å². The molecule has 0 aliphatic carbocycles. The van der Waals surface area contributed by atoms with Crippen LogP contribution in [0.3, 0.4) is 0 Å². The molecule has 2 saturated heterocycles. The van der Waals surface area contributed by atoms with Gasteiger partial charge in [0, 0.05) is 37.8 Å². The number of ether oxygens (including phenoxy) is 1. The van der Waals surface area contributed by atoms with Crippen LogP contribution >= 0.6 is 0 Å². The van der Waals surface area contributed by atoms with Crippen LogP contribution in [0.15, 0.2) is 0 Å². The molecule has 0 radical (unpaired) electrons. The highest BCUT2D eigenvalue weighted by atomic mass is 16.5. The lowest BCUT2D eigenvalue weighted by Gasteiger charge is -2.35. The Labute approximate surface area is 138 Å². The Morgan fingerprint density at radius 2 is 1.78 bits per heavy atom. The SMILES string of the molecule is CN1CCOC(C(=O)NC2CCN(C(=O)NC(C)(C)C)CC2)C1. The number of nitrogens with one attached hydrogen (secondary N) is 2. The molecule has 23 heavy (non-hydrogen) atoms. The fourth-order valence-corrected chi connectivity index (χ4v) is 2.86. The van der Waals surface area contributed by atoms with Crippen molar-refractivity contribution in [3.8, 4) is 0 Å². The number of rotatable bonds is 2. The third-order valence-electron chi connectivity index (χ3n) is 4.17. The van der Waals surface area contributed by atoms with E-state index in [1.165, 1.54) is 0 Å². The van der Waals surface area contributed by atoms with E-state index in [1.54, 1.807) is 0 Å². The van der Waals surface area contributed by atoms with Crippen LogP contribution in [0.2, 0.25) is 0 Å². The van der Waals surface area contributed by atoms with Crippen LogP contribution in [0, 0.1) is 0 Å². The van der Waals surface area contributed by atoms with E-state index in [0.29, 0.717) is 26.2 Å². The zero-order valence-corrected chi connectivity index (χ0v) is 14.7. The molecule has 0 saturated carbocycles. The number of hydrogen-bond acceptors (Lipinski definition) is 4. The van der Waals surface area contributed by atoms with Gasteiger partial charge in [0.05, 0.1) is 6.61 Å². The second-order valence-electron chi connectivity index (χ2n) is 7.57. The van der Waals surface area contributed by atoms with E-state index in [0.717, 1.165) is 19.4 Å². The minimum Gasteiger partial charge on any atom is -0.366 e. The molecule has 0 aromatic carbocycles. The van der Waals surface area contributed by atoms with Gasteiger partial charge in [0.15, 0.2) is 0 Å². The maximum atomic E-state index is 12.3. The van der Waals surface area contributed by atoms with Gasteiger partial charge in [0.1, 0.15) is 6.10 Å². The van der Waals surface area contributed by atoms with Crippen LogP contribution in [0.4, 0.5) is 4.79 Å². The van der Waals surface area contributed by atoms with Crippen molar-refractivity contribution in [2.24, 2.45) is 0 Å². The standard InChI is InChI=1S/C16H30N4O3/c1-16(2,3)18-15(22)20-7-5-12(6-8-20)17-14(21)13-11-19(4)9-10-23-13/h12-13H,5-11H2,1-4H3,(H,17,21)(H,18,22). The summed E-state index contributed by atoms with van der Waals surface area (Å²) >= 11 is 0. The summed E-state index contributed by atoms with van der Waals surface area (Å²) in [6.45, 7) is 9.34. The predicted octanol–water partition coefficient (Wildman–Crippen LogP) is 0.406. The normalized spacial score (nSPS) is 24.3. The minimum absolute atomic E-state index is 0.0282. The molecule has 0 spiro atoms. The molecule has 1 atom stereocenters. The average molecular weight is 326 g/mol. The Hall–Kier alpha value is -1.34. The van der Waals surface area contributed by atoms with Gasteiger partial charge in [-0.05, 0) is 40.7 Å². The van der Waals surface area contributed by atoms with Gasteiger partial charge in [-0.25, -0.2) is 4.79 Å². The number of carbonyl (C=O) groups is 2. The monoisotopic (exact) mass is 326 g/mol. The zero-order chi connectivity index (χ0) is 17.0. The van der Waals surface area contributed by atoms with Gasteiger partial charge in [0.25, 0.3) is 5.91 Å². The van der Waals surface area contributed by atoms with Crippen molar-refractivity contribution in [3.63, 3.8) is 0 Å². The topological polar surface area (TPSA) is 73.9 Å². The summed E-state index contributed by atoms with van der Waals surface area (Å²) in [5, 5.41) is 6.04. The number of carbonyl (C=O) groups excluding carboxylic acids is 2. The highest BCUT2D eigenvalue weighted by Crippen LogP contribution is 2.13. The van der Waals surface area contributed by atoms with Gasteiger partial charge < -0.3 is 25.2 Å². The molecule has 2 aliphatic heterocycles. The van der Waals surface area contributed by atoms with E-state index in [2.05, 4.69) is 15.5 Å². The summed E-state index contributed by atoms with van der Waals surface area (Å²) in [5.41, 5.74) is -0.230. The fraction of sp³-hybridized carbons (Fsp3) is 0.875. The second-order valence-corrected chi connectivity index (χ2v) is 7.57. The average Bonchev–Trinajstić information content (AvgIpc) is 2.46. The summed E-state index contributed by atoms with van der Waals surface area (Å²) in [6, 6.07) is 0.0940. The number of urea groups is 1. The number of piperidine rings is 1. The molecule has 7 nitrogen and oxygen atoms in total. The third-order valence-corrected chi connectivity index (χ3v) is 4.17. The van der Waals surface area contributed by atoms with Crippen LogP contribution in [0.1, 0.15) is 33.6 Å². The Kier molecular flexibility index (Phi) is 5.86. The van der Waals surface area contributed by atoms with Crippen molar-refractivity contribution in [1.82, 2.24) is 20.4 Å². The molecule has 2 aliphatic rings. The predicted molar refractivity (Wildman–Crippen MR) is 88.3 cm³/mol. The number of morpholine rings is 1. The molecule has 2 N–H and O–H groups in total. The number of amides is 3. The maximum Gasteiger partial charge on any atom is 0.317 e. The number of likely N-dealkylation sites (N-methyl/N-ethyl adjacent to an activating group) is 1. The molecule has 2 heterocycles. The van der Waals surface area contributed by atoms with Crippen molar-refractivity contribution < 1.29 is 14.3 Å². The lowest BCUT2D eigenvalue weighted by molar-refractivity contribution is -0.138. The zero-order valence-electron chi connectivity index (χ0n) is 14.7. The van der Waals surface area contributed by atoms with Gasteiger partial charge >= 0.3 is 6.03 Å². The summed E-state index contributed by atoms with van der Waals surface area (Å²) < 4.78 is 5.54. The van der Waals surface area contributed by atoms with Gasteiger partial charge in [0.2, 0.25) is 0 Å². The maximum absolute atomic E-state index is 12.3. The molecular formula is C16H30N4O3. The van der Waals surface area contributed by atoms with Crippen LogP contribution < -0.4 is 10.6 Å². The van der Waals surface area contributed by atoms with Crippen molar-refractivity contribution >= 4 is 11.9 Å². The summed E-state index contributed by atoms with van der Waals surface area (Å²) in [7, 11) is 2.00. The molecule has 132 valence electrons.